The number of aromatic amines is 1. The third kappa shape index (κ3) is 2.67. The number of hydrogen-bond acceptors (Lipinski definition) is 5. The number of para-hydroxylation sites is 1. The van der Waals surface area contributed by atoms with Crippen molar-refractivity contribution < 1.29 is 14.3 Å². The molecule has 1 amide bonds. The molecule has 1 atom stereocenters. The molecule has 7 nitrogen and oxygen atoms in total. The lowest BCUT2D eigenvalue weighted by atomic mass is 9.89. The monoisotopic (exact) mass is 374 g/mol. The van der Waals surface area contributed by atoms with Gasteiger partial charge in [0.05, 0.1) is 24.1 Å². The Morgan fingerprint density at radius 2 is 1.89 bits per heavy atom. The number of likely N-dealkylation sites (tertiary alicyclic amines) is 1. The van der Waals surface area contributed by atoms with Gasteiger partial charge in [0.25, 0.3) is 5.91 Å². The Kier molecular flexibility index (Phi) is 3.75. The number of carbonyl (C=O) groups is 2. The van der Waals surface area contributed by atoms with E-state index in [1.807, 2.05) is 36.4 Å². The van der Waals surface area contributed by atoms with Gasteiger partial charge in [0, 0.05) is 18.5 Å². The molecule has 1 fully saturated rings. The minimum Gasteiger partial charge on any atom is -0.484 e. The molecule has 140 valence electrons. The molecule has 0 saturated carbocycles. The number of benzene rings is 2. The fourth-order valence-electron chi connectivity index (χ4n) is 4.07. The lowest BCUT2D eigenvalue weighted by molar-refractivity contribution is 0.0428. The Labute approximate surface area is 161 Å². The summed E-state index contributed by atoms with van der Waals surface area (Å²) in [5.41, 5.74) is 1.23. The third-order valence-corrected chi connectivity index (χ3v) is 5.43. The van der Waals surface area contributed by atoms with Crippen LogP contribution in [-0.2, 0) is 0 Å². The second-order valence-electron chi connectivity index (χ2n) is 7.24. The molecule has 3 heterocycles. The molecule has 0 radical (unpaired) electrons. The maximum atomic E-state index is 13.2. The van der Waals surface area contributed by atoms with E-state index in [9.17, 15) is 9.59 Å². The van der Waals surface area contributed by atoms with Crippen molar-refractivity contribution in [2.45, 2.75) is 18.4 Å². The molecule has 2 aliphatic heterocycles. The summed E-state index contributed by atoms with van der Waals surface area (Å²) in [6, 6.07) is 14.6. The Bertz CT molecular complexity index is 1060. The van der Waals surface area contributed by atoms with E-state index in [4.69, 9.17) is 4.74 Å². The lowest BCUT2D eigenvalue weighted by Gasteiger charge is -2.34. The maximum Gasteiger partial charge on any atom is 0.254 e. The highest BCUT2D eigenvalue weighted by molar-refractivity contribution is 6.02. The number of amides is 1. The van der Waals surface area contributed by atoms with Crippen LogP contribution >= 0.6 is 0 Å². The van der Waals surface area contributed by atoms with Crippen LogP contribution in [0.3, 0.4) is 0 Å². The topological polar surface area (TPSA) is 88.2 Å². The zero-order valence-electron chi connectivity index (χ0n) is 15.1. The van der Waals surface area contributed by atoms with Crippen molar-refractivity contribution in [2.75, 3.05) is 13.1 Å². The summed E-state index contributed by atoms with van der Waals surface area (Å²) in [6.07, 6.45) is 2.33. The average molecular weight is 374 g/mol. The summed E-state index contributed by atoms with van der Waals surface area (Å²) < 4.78 is 6.23. The van der Waals surface area contributed by atoms with Crippen molar-refractivity contribution >= 4 is 11.7 Å². The summed E-state index contributed by atoms with van der Waals surface area (Å²) in [6.45, 7) is 0.926. The van der Waals surface area contributed by atoms with Gasteiger partial charge in [-0.15, -0.1) is 0 Å². The van der Waals surface area contributed by atoms with Gasteiger partial charge in [0.15, 0.2) is 11.6 Å². The van der Waals surface area contributed by atoms with Crippen LogP contribution in [0.25, 0.3) is 11.4 Å². The molecule has 1 aromatic heterocycles. The number of hydrogen-bond donors (Lipinski definition) is 1. The number of rotatable bonds is 2. The average Bonchev–Trinajstić information content (AvgIpc) is 3.38. The first-order valence-electron chi connectivity index (χ1n) is 9.21. The molecule has 2 aliphatic rings. The van der Waals surface area contributed by atoms with Crippen molar-refractivity contribution in [3.05, 3.63) is 66.0 Å². The van der Waals surface area contributed by atoms with E-state index in [1.165, 1.54) is 6.33 Å². The number of nitrogens with zero attached hydrogens (tertiary/aromatic N) is 3. The molecule has 7 heteroatoms. The quantitative estimate of drug-likeness (QED) is 0.745. The van der Waals surface area contributed by atoms with Crippen LogP contribution in [-0.4, -0.2) is 50.5 Å². The second-order valence-corrected chi connectivity index (χ2v) is 7.24. The smallest absolute Gasteiger partial charge is 0.254 e. The molecular weight excluding hydrogens is 356 g/mol. The van der Waals surface area contributed by atoms with Crippen molar-refractivity contribution in [3.8, 4) is 17.1 Å². The van der Waals surface area contributed by atoms with Gasteiger partial charge in [-0.05, 0) is 18.2 Å². The first kappa shape index (κ1) is 16.7. The number of ether oxygens (including phenoxy) is 1. The molecule has 1 spiro atoms. The van der Waals surface area contributed by atoms with E-state index in [-0.39, 0.29) is 18.1 Å². The lowest BCUT2D eigenvalue weighted by Crippen LogP contribution is -2.45. The van der Waals surface area contributed by atoms with E-state index in [0.29, 0.717) is 47.8 Å². The molecule has 1 N–H and O–H groups in total. The summed E-state index contributed by atoms with van der Waals surface area (Å²) in [5, 5.41) is 6.69. The van der Waals surface area contributed by atoms with E-state index in [0.717, 1.165) is 0 Å². The number of fused-ring (bicyclic) bond motifs is 1. The fourth-order valence-corrected chi connectivity index (χ4v) is 4.07. The molecular formula is C21H18N4O3. The zero-order chi connectivity index (χ0) is 19.1. The van der Waals surface area contributed by atoms with Crippen molar-refractivity contribution in [1.29, 1.82) is 0 Å². The van der Waals surface area contributed by atoms with E-state index >= 15 is 0 Å². The van der Waals surface area contributed by atoms with Crippen LogP contribution in [0.15, 0.2) is 54.9 Å². The largest absolute Gasteiger partial charge is 0.484 e. The molecule has 0 bridgehead atoms. The molecule has 2 aromatic carbocycles. The first-order valence-corrected chi connectivity index (χ1v) is 9.21. The van der Waals surface area contributed by atoms with Crippen LogP contribution in [0.4, 0.5) is 0 Å². The molecule has 28 heavy (non-hydrogen) atoms. The Morgan fingerprint density at radius 1 is 1.11 bits per heavy atom. The minimum absolute atomic E-state index is 0.0678. The van der Waals surface area contributed by atoms with Crippen LogP contribution in [0, 0.1) is 0 Å². The second kappa shape index (κ2) is 6.30. The van der Waals surface area contributed by atoms with Gasteiger partial charge < -0.3 is 9.64 Å². The van der Waals surface area contributed by atoms with Gasteiger partial charge in [-0.1, -0.05) is 30.3 Å². The predicted molar refractivity (Wildman–Crippen MR) is 101 cm³/mol. The number of ketones is 1. The number of H-pyrrole nitrogens is 1. The number of aromatic nitrogens is 3. The Hall–Kier alpha value is -3.48. The van der Waals surface area contributed by atoms with Gasteiger partial charge in [-0.3, -0.25) is 14.7 Å². The molecule has 3 aromatic rings. The minimum atomic E-state index is -0.651. The third-order valence-electron chi connectivity index (χ3n) is 5.43. The number of Topliss-reactive ketones (excluding diaryl/α,β-unsaturated/α-hetero) is 1. The van der Waals surface area contributed by atoms with E-state index in [1.54, 1.807) is 17.0 Å². The molecule has 1 saturated heterocycles. The SMILES string of the molecule is O=C1C[C@]2(CCN(C(=O)c3ccccc3-c3ncn[nH]3)C2)Oc2ccccc21. The summed E-state index contributed by atoms with van der Waals surface area (Å²) >= 11 is 0. The standard InChI is InChI=1S/C21H18N4O3/c26-17-11-21(28-18-8-4-3-7-16(17)18)9-10-25(12-21)20(27)15-6-2-1-5-14(15)19-22-13-23-24-19/h1-8,13H,9-12H2,(H,22,23,24)/t21-/m0/s1. The van der Waals surface area contributed by atoms with Gasteiger partial charge in [0.2, 0.25) is 0 Å². The highest BCUT2D eigenvalue weighted by atomic mass is 16.5. The first-order chi connectivity index (χ1) is 13.7. The normalized spacial score (nSPS) is 20.9. The fraction of sp³-hybridized carbons (Fsp3) is 0.238. The van der Waals surface area contributed by atoms with Crippen LogP contribution in [0.1, 0.15) is 33.6 Å². The van der Waals surface area contributed by atoms with E-state index in [2.05, 4.69) is 15.2 Å². The van der Waals surface area contributed by atoms with Gasteiger partial charge in [0.1, 0.15) is 17.7 Å². The van der Waals surface area contributed by atoms with Crippen LogP contribution < -0.4 is 4.74 Å². The van der Waals surface area contributed by atoms with Crippen LogP contribution in [0.5, 0.6) is 5.75 Å². The molecule has 5 rings (SSSR count). The summed E-state index contributed by atoms with van der Waals surface area (Å²) in [4.78, 5) is 31.8. The highest BCUT2D eigenvalue weighted by Crippen LogP contribution is 2.39. The zero-order valence-corrected chi connectivity index (χ0v) is 15.1. The Balaban J connectivity index is 1.42. The van der Waals surface area contributed by atoms with Crippen molar-refractivity contribution in [3.63, 3.8) is 0 Å². The summed E-state index contributed by atoms with van der Waals surface area (Å²) in [7, 11) is 0. The van der Waals surface area contributed by atoms with Gasteiger partial charge in [-0.2, -0.15) is 5.10 Å². The molecule has 0 aliphatic carbocycles. The van der Waals surface area contributed by atoms with Gasteiger partial charge in [-0.25, -0.2) is 4.98 Å². The predicted octanol–water partition coefficient (Wildman–Crippen LogP) is 2.72. The number of carbonyl (C=O) groups excluding carboxylic acids is 2. The highest BCUT2D eigenvalue weighted by Gasteiger charge is 2.47. The van der Waals surface area contributed by atoms with Crippen LogP contribution in [0.2, 0.25) is 0 Å². The molecule has 0 unspecified atom stereocenters. The van der Waals surface area contributed by atoms with Crippen molar-refractivity contribution in [2.24, 2.45) is 0 Å². The Morgan fingerprint density at radius 3 is 2.71 bits per heavy atom. The number of nitrogens with one attached hydrogen (secondary N) is 1. The van der Waals surface area contributed by atoms with Crippen molar-refractivity contribution in [1.82, 2.24) is 20.1 Å². The van der Waals surface area contributed by atoms with Gasteiger partial charge >= 0.3 is 0 Å². The summed E-state index contributed by atoms with van der Waals surface area (Å²) in [5.74, 6) is 1.13. The maximum absolute atomic E-state index is 13.2. The van der Waals surface area contributed by atoms with E-state index < -0.39 is 5.60 Å².